The maximum absolute atomic E-state index is 12.9. The summed E-state index contributed by atoms with van der Waals surface area (Å²) in [6.45, 7) is 3.07. The maximum Gasteiger partial charge on any atom is 0.227 e. The number of carbonyl (C=O) groups is 1. The van der Waals surface area contributed by atoms with Gasteiger partial charge < -0.3 is 9.80 Å². The Morgan fingerprint density at radius 3 is 3.12 bits per heavy atom. The van der Waals surface area contributed by atoms with Gasteiger partial charge in [0.05, 0.1) is 5.92 Å². The highest BCUT2D eigenvalue weighted by atomic mass is 32.1. The Balaban J connectivity index is 1.43. The van der Waals surface area contributed by atoms with Crippen molar-refractivity contribution >= 4 is 23.1 Å². The molecule has 0 spiro atoms. The van der Waals surface area contributed by atoms with Crippen LogP contribution < -0.4 is 4.90 Å². The molecule has 2 aromatic heterocycles. The van der Waals surface area contributed by atoms with E-state index in [-0.39, 0.29) is 11.8 Å². The Kier molecular flexibility index (Phi) is 3.95. The third kappa shape index (κ3) is 2.76. The van der Waals surface area contributed by atoms with Crippen LogP contribution in [0.25, 0.3) is 0 Å². The van der Waals surface area contributed by atoms with E-state index in [2.05, 4.69) is 27.4 Å². The van der Waals surface area contributed by atoms with Crippen molar-refractivity contribution in [3.05, 3.63) is 45.8 Å². The molecular formula is C18H18N4OS. The van der Waals surface area contributed by atoms with E-state index in [4.69, 9.17) is 5.26 Å². The van der Waals surface area contributed by atoms with E-state index in [0.717, 1.165) is 38.3 Å². The number of pyridine rings is 1. The number of aromatic nitrogens is 1. The fraction of sp³-hybridized carbons (Fsp3) is 0.389. The van der Waals surface area contributed by atoms with E-state index in [0.29, 0.717) is 12.2 Å². The van der Waals surface area contributed by atoms with Gasteiger partial charge in [0, 0.05) is 31.1 Å². The van der Waals surface area contributed by atoms with Gasteiger partial charge in [0.15, 0.2) is 0 Å². The Morgan fingerprint density at radius 1 is 1.33 bits per heavy atom. The summed E-state index contributed by atoms with van der Waals surface area (Å²) in [6.07, 6.45) is 1.82. The molecule has 1 atom stereocenters. The fourth-order valence-electron chi connectivity index (χ4n) is 3.53. The Morgan fingerprint density at radius 2 is 2.25 bits per heavy atom. The summed E-state index contributed by atoms with van der Waals surface area (Å²) in [4.78, 5) is 22.7. The SMILES string of the molecule is N#Cc1cccc(N2CCC(C(=O)N3CCc4sccc4C3)C2)n1. The second kappa shape index (κ2) is 6.25. The smallest absolute Gasteiger partial charge is 0.227 e. The van der Waals surface area contributed by atoms with Crippen LogP contribution in [0.2, 0.25) is 0 Å². The molecule has 1 unspecified atom stereocenters. The lowest BCUT2D eigenvalue weighted by atomic mass is 10.0. The van der Waals surface area contributed by atoms with Crippen LogP contribution in [0.1, 0.15) is 22.6 Å². The lowest BCUT2D eigenvalue weighted by molar-refractivity contribution is -0.135. The van der Waals surface area contributed by atoms with Crippen LogP contribution in [0.15, 0.2) is 29.6 Å². The summed E-state index contributed by atoms with van der Waals surface area (Å²) < 4.78 is 0. The number of fused-ring (bicyclic) bond motifs is 1. The highest BCUT2D eigenvalue weighted by Gasteiger charge is 2.33. The molecule has 122 valence electrons. The normalized spacial score (nSPS) is 19.9. The first-order valence-corrected chi connectivity index (χ1v) is 9.08. The standard InChI is InChI=1S/C18H18N4OS/c19-10-15-2-1-3-17(20-15)21-7-4-14(12-21)18(23)22-8-5-16-13(11-22)6-9-24-16/h1-3,6,9,14H,4-5,7-8,11-12H2. The Hall–Kier alpha value is -2.39. The van der Waals surface area contributed by atoms with Crippen LogP contribution in [0.4, 0.5) is 5.82 Å². The van der Waals surface area contributed by atoms with E-state index in [1.165, 1.54) is 10.4 Å². The molecule has 2 aromatic rings. The van der Waals surface area contributed by atoms with Crippen molar-refractivity contribution in [1.29, 1.82) is 5.26 Å². The van der Waals surface area contributed by atoms with Crippen LogP contribution in [0.5, 0.6) is 0 Å². The number of amides is 1. The highest BCUT2D eigenvalue weighted by Crippen LogP contribution is 2.28. The summed E-state index contributed by atoms with van der Waals surface area (Å²) in [5.74, 6) is 1.08. The predicted octanol–water partition coefficient (Wildman–Crippen LogP) is 2.43. The van der Waals surface area contributed by atoms with E-state index in [1.807, 2.05) is 17.0 Å². The number of anilines is 1. The monoisotopic (exact) mass is 338 g/mol. The summed E-state index contributed by atoms with van der Waals surface area (Å²) >= 11 is 1.79. The van der Waals surface area contributed by atoms with Gasteiger partial charge in [-0.25, -0.2) is 4.98 Å². The molecule has 0 aromatic carbocycles. The van der Waals surface area contributed by atoms with Crippen molar-refractivity contribution in [2.75, 3.05) is 24.5 Å². The zero-order valence-electron chi connectivity index (χ0n) is 13.3. The molecule has 4 heterocycles. The van der Waals surface area contributed by atoms with Crippen molar-refractivity contribution in [1.82, 2.24) is 9.88 Å². The van der Waals surface area contributed by atoms with Gasteiger partial charge in [-0.15, -0.1) is 11.3 Å². The minimum absolute atomic E-state index is 0.0257. The van der Waals surface area contributed by atoms with E-state index < -0.39 is 0 Å². The van der Waals surface area contributed by atoms with Crippen molar-refractivity contribution < 1.29 is 4.79 Å². The zero-order valence-corrected chi connectivity index (χ0v) is 14.1. The lowest BCUT2D eigenvalue weighted by Gasteiger charge is -2.29. The topological polar surface area (TPSA) is 60.2 Å². The molecule has 0 N–H and O–H groups in total. The van der Waals surface area contributed by atoms with Crippen LogP contribution >= 0.6 is 11.3 Å². The molecule has 1 fully saturated rings. The number of rotatable bonds is 2. The van der Waals surface area contributed by atoms with E-state index >= 15 is 0 Å². The predicted molar refractivity (Wildman–Crippen MR) is 92.7 cm³/mol. The van der Waals surface area contributed by atoms with Crippen molar-refractivity contribution in [2.24, 2.45) is 5.92 Å². The Labute approximate surface area is 145 Å². The minimum atomic E-state index is 0.0257. The zero-order chi connectivity index (χ0) is 16.5. The first-order valence-electron chi connectivity index (χ1n) is 8.21. The summed E-state index contributed by atoms with van der Waals surface area (Å²) in [5.41, 5.74) is 1.72. The quantitative estimate of drug-likeness (QED) is 0.844. The van der Waals surface area contributed by atoms with Crippen molar-refractivity contribution in [3.8, 4) is 6.07 Å². The van der Waals surface area contributed by atoms with Gasteiger partial charge in [-0.2, -0.15) is 5.26 Å². The molecule has 0 aliphatic carbocycles. The van der Waals surface area contributed by atoms with E-state index in [1.54, 1.807) is 17.4 Å². The van der Waals surface area contributed by atoms with E-state index in [9.17, 15) is 4.79 Å². The molecule has 2 aliphatic heterocycles. The van der Waals surface area contributed by atoms with Gasteiger partial charge in [0.1, 0.15) is 17.6 Å². The second-order valence-corrected chi connectivity index (χ2v) is 7.30. The molecule has 24 heavy (non-hydrogen) atoms. The fourth-order valence-corrected chi connectivity index (χ4v) is 4.42. The number of nitrogens with zero attached hydrogens (tertiary/aromatic N) is 4. The number of thiophene rings is 1. The molecule has 2 aliphatic rings. The van der Waals surface area contributed by atoms with Crippen molar-refractivity contribution in [2.45, 2.75) is 19.4 Å². The number of hydrogen-bond acceptors (Lipinski definition) is 5. The van der Waals surface area contributed by atoms with Gasteiger partial charge in [-0.05, 0) is 42.0 Å². The molecule has 0 saturated carbocycles. The summed E-state index contributed by atoms with van der Waals surface area (Å²) in [7, 11) is 0. The molecule has 0 bridgehead atoms. The molecule has 6 heteroatoms. The number of nitriles is 1. The highest BCUT2D eigenvalue weighted by molar-refractivity contribution is 7.10. The first kappa shape index (κ1) is 15.2. The molecule has 5 nitrogen and oxygen atoms in total. The first-order chi connectivity index (χ1) is 11.7. The molecule has 1 saturated heterocycles. The van der Waals surface area contributed by atoms with Gasteiger partial charge in [-0.1, -0.05) is 6.07 Å². The largest absolute Gasteiger partial charge is 0.356 e. The van der Waals surface area contributed by atoms with Gasteiger partial charge in [0.2, 0.25) is 5.91 Å². The van der Waals surface area contributed by atoms with Gasteiger partial charge >= 0.3 is 0 Å². The molecule has 0 radical (unpaired) electrons. The average Bonchev–Trinajstić information content (AvgIpc) is 3.29. The third-order valence-corrected chi connectivity index (χ3v) is 5.85. The average molecular weight is 338 g/mol. The minimum Gasteiger partial charge on any atom is -0.356 e. The van der Waals surface area contributed by atoms with Crippen molar-refractivity contribution in [3.63, 3.8) is 0 Å². The number of carbonyl (C=O) groups excluding carboxylic acids is 1. The molecule has 4 rings (SSSR count). The van der Waals surface area contributed by atoms with Crippen LogP contribution in [-0.2, 0) is 17.8 Å². The number of hydrogen-bond donors (Lipinski definition) is 0. The summed E-state index contributed by atoms with van der Waals surface area (Å²) in [6, 6.07) is 9.67. The lowest BCUT2D eigenvalue weighted by Crippen LogP contribution is -2.40. The van der Waals surface area contributed by atoms with Crippen LogP contribution in [-0.4, -0.2) is 35.4 Å². The van der Waals surface area contributed by atoms with Gasteiger partial charge in [0.25, 0.3) is 0 Å². The molecule has 1 amide bonds. The Bertz CT molecular complexity index is 809. The van der Waals surface area contributed by atoms with Gasteiger partial charge in [-0.3, -0.25) is 4.79 Å². The van der Waals surface area contributed by atoms with Crippen LogP contribution in [0.3, 0.4) is 0 Å². The second-order valence-electron chi connectivity index (χ2n) is 6.30. The van der Waals surface area contributed by atoms with Crippen LogP contribution in [0, 0.1) is 17.2 Å². The third-order valence-electron chi connectivity index (χ3n) is 4.83. The molecular weight excluding hydrogens is 320 g/mol. The summed E-state index contributed by atoms with van der Waals surface area (Å²) in [5, 5.41) is 11.1. The maximum atomic E-state index is 12.9.